The standard InChI is InChI=1S/C16H26N4O7S/c1-28-6-4-10(19-14(24)9(17)7-13(22)23)15(25)18-8-12(21)20-5-2-3-11(20)16(26)27/h9-11H,2-8,17H2,1H3,(H,18,25)(H,19,24)(H,22,23)(H,26,27). The quantitative estimate of drug-likeness (QED) is 0.259. The molecule has 6 N–H and O–H groups in total. The summed E-state index contributed by atoms with van der Waals surface area (Å²) in [6, 6.07) is -3.18. The Balaban J connectivity index is 2.63. The molecule has 0 aromatic rings. The van der Waals surface area contributed by atoms with Crippen LogP contribution in [0, 0.1) is 0 Å². The lowest BCUT2D eigenvalue weighted by Gasteiger charge is -2.23. The van der Waals surface area contributed by atoms with Crippen molar-refractivity contribution in [3.63, 3.8) is 0 Å². The normalized spacial score (nSPS) is 18.2. The van der Waals surface area contributed by atoms with Crippen LogP contribution in [0.15, 0.2) is 0 Å². The third-order valence-corrected chi connectivity index (χ3v) is 4.89. The number of carboxylic acid groups (broad SMARTS) is 2. The van der Waals surface area contributed by atoms with Crippen molar-refractivity contribution < 1.29 is 34.2 Å². The second-order valence-electron chi connectivity index (χ2n) is 6.35. The third-order valence-electron chi connectivity index (χ3n) is 4.25. The smallest absolute Gasteiger partial charge is 0.326 e. The first-order valence-corrected chi connectivity index (χ1v) is 10.1. The molecular weight excluding hydrogens is 392 g/mol. The highest BCUT2D eigenvalue weighted by Crippen LogP contribution is 2.17. The van der Waals surface area contributed by atoms with Gasteiger partial charge in [0.1, 0.15) is 12.1 Å². The second kappa shape index (κ2) is 11.5. The molecule has 1 fully saturated rings. The second-order valence-corrected chi connectivity index (χ2v) is 7.33. The van der Waals surface area contributed by atoms with Crippen molar-refractivity contribution >= 4 is 41.4 Å². The number of aliphatic carboxylic acids is 2. The molecular formula is C16H26N4O7S. The van der Waals surface area contributed by atoms with Crippen LogP contribution in [-0.4, -0.2) is 88.0 Å². The minimum Gasteiger partial charge on any atom is -0.481 e. The van der Waals surface area contributed by atoms with E-state index in [1.807, 2.05) is 6.26 Å². The number of carbonyl (C=O) groups excluding carboxylic acids is 3. The molecule has 3 atom stereocenters. The molecule has 1 saturated heterocycles. The van der Waals surface area contributed by atoms with Crippen molar-refractivity contribution in [3.05, 3.63) is 0 Å². The Morgan fingerprint density at radius 2 is 1.89 bits per heavy atom. The zero-order chi connectivity index (χ0) is 21.3. The van der Waals surface area contributed by atoms with Gasteiger partial charge in [0, 0.05) is 6.54 Å². The number of likely N-dealkylation sites (tertiary alicyclic amines) is 1. The van der Waals surface area contributed by atoms with Crippen LogP contribution in [0.3, 0.4) is 0 Å². The Hall–Kier alpha value is -2.34. The molecule has 28 heavy (non-hydrogen) atoms. The highest BCUT2D eigenvalue weighted by molar-refractivity contribution is 7.98. The van der Waals surface area contributed by atoms with Gasteiger partial charge in [-0.25, -0.2) is 4.79 Å². The van der Waals surface area contributed by atoms with Crippen molar-refractivity contribution in [3.8, 4) is 0 Å². The Bertz CT molecular complexity index is 616. The molecule has 0 aromatic heterocycles. The van der Waals surface area contributed by atoms with Crippen LogP contribution in [-0.2, 0) is 24.0 Å². The number of rotatable bonds is 11. The molecule has 0 aliphatic carbocycles. The molecule has 0 radical (unpaired) electrons. The first-order valence-electron chi connectivity index (χ1n) is 8.74. The van der Waals surface area contributed by atoms with E-state index in [1.165, 1.54) is 16.7 Å². The summed E-state index contributed by atoms with van der Waals surface area (Å²) in [6.07, 6.45) is 2.43. The zero-order valence-corrected chi connectivity index (χ0v) is 16.4. The van der Waals surface area contributed by atoms with Gasteiger partial charge in [0.2, 0.25) is 17.7 Å². The number of carboxylic acids is 2. The van der Waals surface area contributed by atoms with E-state index in [0.717, 1.165) is 0 Å². The summed E-state index contributed by atoms with van der Waals surface area (Å²) in [5, 5.41) is 22.6. The monoisotopic (exact) mass is 418 g/mol. The Morgan fingerprint density at radius 3 is 2.46 bits per heavy atom. The van der Waals surface area contributed by atoms with Gasteiger partial charge in [-0.3, -0.25) is 19.2 Å². The van der Waals surface area contributed by atoms with Gasteiger partial charge in [0.15, 0.2) is 0 Å². The van der Waals surface area contributed by atoms with Crippen LogP contribution in [0.2, 0.25) is 0 Å². The lowest BCUT2D eigenvalue weighted by molar-refractivity contribution is -0.148. The number of thioether (sulfide) groups is 1. The van der Waals surface area contributed by atoms with E-state index < -0.39 is 60.8 Å². The van der Waals surface area contributed by atoms with Gasteiger partial charge in [-0.2, -0.15) is 11.8 Å². The molecule has 0 saturated carbocycles. The number of nitrogens with one attached hydrogen (secondary N) is 2. The number of carbonyl (C=O) groups is 5. The van der Waals surface area contributed by atoms with E-state index >= 15 is 0 Å². The zero-order valence-electron chi connectivity index (χ0n) is 15.6. The first kappa shape index (κ1) is 23.7. The van der Waals surface area contributed by atoms with Crippen LogP contribution in [0.25, 0.3) is 0 Å². The molecule has 1 rings (SSSR count). The van der Waals surface area contributed by atoms with Crippen LogP contribution >= 0.6 is 11.8 Å². The lowest BCUT2D eigenvalue weighted by atomic mass is 10.1. The van der Waals surface area contributed by atoms with Gasteiger partial charge in [-0.05, 0) is 31.3 Å². The van der Waals surface area contributed by atoms with Crippen molar-refractivity contribution in [1.29, 1.82) is 0 Å². The SMILES string of the molecule is CSCCC(NC(=O)C(N)CC(=O)O)C(=O)NCC(=O)N1CCCC1C(=O)O. The Kier molecular flexibility index (Phi) is 9.73. The minimum atomic E-state index is -1.30. The van der Waals surface area contributed by atoms with Gasteiger partial charge < -0.3 is 31.5 Å². The molecule has 3 unspecified atom stereocenters. The summed E-state index contributed by atoms with van der Waals surface area (Å²) >= 11 is 1.44. The summed E-state index contributed by atoms with van der Waals surface area (Å²) in [7, 11) is 0. The van der Waals surface area contributed by atoms with Crippen molar-refractivity contribution in [2.75, 3.05) is 25.1 Å². The Labute approximate surface area is 166 Å². The fraction of sp³-hybridized carbons (Fsp3) is 0.688. The van der Waals surface area contributed by atoms with Gasteiger partial charge in [-0.15, -0.1) is 0 Å². The number of hydrogen-bond donors (Lipinski definition) is 5. The van der Waals surface area contributed by atoms with Crippen LogP contribution < -0.4 is 16.4 Å². The fourth-order valence-corrected chi connectivity index (χ4v) is 3.24. The molecule has 0 bridgehead atoms. The lowest BCUT2D eigenvalue weighted by Crippen LogP contribution is -2.54. The van der Waals surface area contributed by atoms with Crippen LogP contribution in [0.1, 0.15) is 25.7 Å². The van der Waals surface area contributed by atoms with Crippen molar-refractivity contribution in [1.82, 2.24) is 15.5 Å². The average Bonchev–Trinajstić information content (AvgIpc) is 3.12. The van der Waals surface area contributed by atoms with Gasteiger partial charge >= 0.3 is 11.9 Å². The summed E-state index contributed by atoms with van der Waals surface area (Å²) in [5.41, 5.74) is 5.50. The molecule has 158 valence electrons. The maximum Gasteiger partial charge on any atom is 0.326 e. The minimum absolute atomic E-state index is 0.258. The van der Waals surface area contributed by atoms with E-state index in [4.69, 9.17) is 15.9 Å². The van der Waals surface area contributed by atoms with Crippen LogP contribution in [0.5, 0.6) is 0 Å². The molecule has 12 heteroatoms. The van der Waals surface area contributed by atoms with Crippen molar-refractivity contribution in [2.45, 2.75) is 43.8 Å². The highest BCUT2D eigenvalue weighted by Gasteiger charge is 2.34. The Morgan fingerprint density at radius 1 is 1.21 bits per heavy atom. The predicted molar refractivity (Wildman–Crippen MR) is 101 cm³/mol. The molecule has 1 heterocycles. The largest absolute Gasteiger partial charge is 0.481 e. The highest BCUT2D eigenvalue weighted by atomic mass is 32.2. The summed E-state index contributed by atoms with van der Waals surface area (Å²) in [6.45, 7) is -0.0855. The first-order chi connectivity index (χ1) is 13.2. The number of nitrogens with two attached hydrogens (primary N) is 1. The summed E-state index contributed by atoms with van der Waals surface area (Å²) in [5.74, 6) is -3.71. The third kappa shape index (κ3) is 7.35. The summed E-state index contributed by atoms with van der Waals surface area (Å²) in [4.78, 5) is 59.6. The van der Waals surface area contributed by atoms with E-state index in [9.17, 15) is 24.0 Å². The number of hydrogen-bond acceptors (Lipinski definition) is 7. The van der Waals surface area contributed by atoms with Crippen molar-refractivity contribution in [2.24, 2.45) is 5.73 Å². The molecule has 1 aliphatic heterocycles. The molecule has 1 aliphatic rings. The van der Waals surface area contributed by atoms with Gasteiger partial charge in [0.05, 0.1) is 19.0 Å². The van der Waals surface area contributed by atoms with E-state index in [1.54, 1.807) is 0 Å². The van der Waals surface area contributed by atoms with Gasteiger partial charge in [0.25, 0.3) is 0 Å². The maximum atomic E-state index is 12.4. The average molecular weight is 418 g/mol. The number of nitrogens with zero attached hydrogens (tertiary/aromatic N) is 1. The van der Waals surface area contributed by atoms with E-state index in [-0.39, 0.29) is 6.42 Å². The summed E-state index contributed by atoms with van der Waals surface area (Å²) < 4.78 is 0. The fourth-order valence-electron chi connectivity index (χ4n) is 2.77. The molecule has 0 aromatic carbocycles. The predicted octanol–water partition coefficient (Wildman–Crippen LogP) is -1.78. The van der Waals surface area contributed by atoms with Crippen LogP contribution in [0.4, 0.5) is 0 Å². The number of amides is 3. The maximum absolute atomic E-state index is 12.4. The molecule has 3 amide bonds. The molecule has 11 nitrogen and oxygen atoms in total. The van der Waals surface area contributed by atoms with E-state index in [0.29, 0.717) is 25.1 Å². The topological polar surface area (TPSA) is 179 Å². The van der Waals surface area contributed by atoms with E-state index in [2.05, 4.69) is 10.6 Å². The molecule has 0 spiro atoms. The van der Waals surface area contributed by atoms with Gasteiger partial charge in [-0.1, -0.05) is 0 Å².